The third kappa shape index (κ3) is 2.50. The van der Waals surface area contributed by atoms with E-state index in [4.69, 9.17) is 23.2 Å². The zero-order valence-corrected chi connectivity index (χ0v) is 13.2. The first-order chi connectivity index (χ1) is 10.1. The minimum absolute atomic E-state index is 0.587. The molecule has 2 aromatic rings. The lowest BCUT2D eigenvalue weighted by atomic mass is 10.1. The Morgan fingerprint density at radius 3 is 2.57 bits per heavy atom. The van der Waals surface area contributed by atoms with E-state index in [2.05, 4.69) is 16.0 Å². The summed E-state index contributed by atoms with van der Waals surface area (Å²) in [6.07, 6.45) is 2.33. The standard InChI is InChI=1S/C16H15Cl2N3/c1-10-13(9-19)16(21-6-2-3-7-21)20-15(10)12-5-4-11(17)8-14(12)18/h4-5,8,20H,2-3,6-7H2,1H3. The molecule has 0 unspecified atom stereocenters. The van der Waals surface area contributed by atoms with Gasteiger partial charge in [-0.25, -0.2) is 0 Å². The summed E-state index contributed by atoms with van der Waals surface area (Å²) in [5.41, 5.74) is 3.41. The highest BCUT2D eigenvalue weighted by atomic mass is 35.5. The van der Waals surface area contributed by atoms with Crippen molar-refractivity contribution < 1.29 is 0 Å². The molecule has 3 nitrogen and oxygen atoms in total. The fourth-order valence-corrected chi connectivity index (χ4v) is 3.36. The smallest absolute Gasteiger partial charge is 0.124 e. The normalized spacial score (nSPS) is 14.5. The monoisotopic (exact) mass is 319 g/mol. The average molecular weight is 320 g/mol. The van der Waals surface area contributed by atoms with Crippen LogP contribution in [0.15, 0.2) is 18.2 Å². The number of benzene rings is 1. The molecule has 0 bridgehead atoms. The van der Waals surface area contributed by atoms with Crippen LogP contribution < -0.4 is 4.90 Å². The highest BCUT2D eigenvalue weighted by Crippen LogP contribution is 2.37. The van der Waals surface area contributed by atoms with Crippen molar-refractivity contribution in [2.75, 3.05) is 18.0 Å². The quantitative estimate of drug-likeness (QED) is 0.866. The maximum Gasteiger partial charge on any atom is 0.124 e. The van der Waals surface area contributed by atoms with Gasteiger partial charge >= 0.3 is 0 Å². The van der Waals surface area contributed by atoms with Crippen LogP contribution in [0.25, 0.3) is 11.3 Å². The van der Waals surface area contributed by atoms with E-state index in [0.29, 0.717) is 15.6 Å². The molecule has 5 heteroatoms. The van der Waals surface area contributed by atoms with Crippen LogP contribution in [0.2, 0.25) is 10.0 Å². The number of nitrogens with one attached hydrogen (secondary N) is 1. The van der Waals surface area contributed by atoms with E-state index in [1.54, 1.807) is 6.07 Å². The molecule has 1 aliphatic heterocycles. The van der Waals surface area contributed by atoms with Crippen molar-refractivity contribution in [2.45, 2.75) is 19.8 Å². The second-order valence-electron chi connectivity index (χ2n) is 5.28. The van der Waals surface area contributed by atoms with Gasteiger partial charge in [-0.2, -0.15) is 5.26 Å². The Morgan fingerprint density at radius 2 is 1.95 bits per heavy atom. The van der Waals surface area contributed by atoms with Crippen molar-refractivity contribution in [3.05, 3.63) is 39.4 Å². The third-order valence-electron chi connectivity index (χ3n) is 3.96. The van der Waals surface area contributed by atoms with Gasteiger partial charge in [0, 0.05) is 23.7 Å². The summed E-state index contributed by atoms with van der Waals surface area (Å²) in [4.78, 5) is 5.63. The number of aromatic nitrogens is 1. The maximum absolute atomic E-state index is 9.48. The number of hydrogen-bond donors (Lipinski definition) is 1. The molecule has 3 rings (SSSR count). The number of rotatable bonds is 2. The molecule has 0 radical (unpaired) electrons. The molecule has 1 aromatic heterocycles. The lowest BCUT2D eigenvalue weighted by Gasteiger charge is -2.15. The van der Waals surface area contributed by atoms with Gasteiger partial charge < -0.3 is 9.88 Å². The lowest BCUT2D eigenvalue weighted by Crippen LogP contribution is -2.18. The van der Waals surface area contributed by atoms with E-state index in [1.165, 1.54) is 12.8 Å². The number of halogens is 2. The first-order valence-electron chi connectivity index (χ1n) is 6.95. The van der Waals surface area contributed by atoms with E-state index in [-0.39, 0.29) is 0 Å². The Labute approximate surface area is 134 Å². The van der Waals surface area contributed by atoms with Gasteiger partial charge in [-0.1, -0.05) is 23.2 Å². The van der Waals surface area contributed by atoms with Crippen LogP contribution in [0.3, 0.4) is 0 Å². The molecule has 2 heterocycles. The van der Waals surface area contributed by atoms with Crippen molar-refractivity contribution in [2.24, 2.45) is 0 Å². The third-order valence-corrected chi connectivity index (χ3v) is 4.51. The van der Waals surface area contributed by atoms with Gasteiger partial charge in [0.2, 0.25) is 0 Å². The van der Waals surface area contributed by atoms with Crippen LogP contribution in [0.4, 0.5) is 5.82 Å². The molecular weight excluding hydrogens is 305 g/mol. The summed E-state index contributed by atoms with van der Waals surface area (Å²) in [7, 11) is 0. The van der Waals surface area contributed by atoms with E-state index in [1.807, 2.05) is 19.1 Å². The van der Waals surface area contributed by atoms with Crippen molar-refractivity contribution in [1.82, 2.24) is 4.98 Å². The van der Waals surface area contributed by atoms with Crippen LogP contribution in [0, 0.1) is 18.3 Å². The Morgan fingerprint density at radius 1 is 1.24 bits per heavy atom. The van der Waals surface area contributed by atoms with E-state index < -0.39 is 0 Å². The number of hydrogen-bond acceptors (Lipinski definition) is 2. The molecule has 1 aromatic carbocycles. The minimum Gasteiger partial charge on any atom is -0.357 e. The molecule has 1 aliphatic rings. The summed E-state index contributed by atoms with van der Waals surface area (Å²) in [6.45, 7) is 3.93. The first kappa shape index (κ1) is 14.3. The molecular formula is C16H15Cl2N3. The van der Waals surface area contributed by atoms with Gasteiger partial charge in [-0.3, -0.25) is 0 Å². The molecule has 21 heavy (non-hydrogen) atoms. The topological polar surface area (TPSA) is 42.8 Å². The van der Waals surface area contributed by atoms with Crippen molar-refractivity contribution in [3.63, 3.8) is 0 Å². The van der Waals surface area contributed by atoms with Gasteiger partial charge in [0.1, 0.15) is 11.9 Å². The zero-order chi connectivity index (χ0) is 15.0. The van der Waals surface area contributed by atoms with E-state index >= 15 is 0 Å². The van der Waals surface area contributed by atoms with Crippen molar-refractivity contribution in [1.29, 1.82) is 5.26 Å². The summed E-state index contributed by atoms with van der Waals surface area (Å²) < 4.78 is 0. The molecule has 108 valence electrons. The van der Waals surface area contributed by atoms with Gasteiger partial charge in [0.05, 0.1) is 16.3 Å². The minimum atomic E-state index is 0.587. The number of nitriles is 1. The second kappa shape index (κ2) is 5.63. The molecule has 0 amide bonds. The molecule has 1 N–H and O–H groups in total. The van der Waals surface area contributed by atoms with Crippen LogP contribution in [-0.4, -0.2) is 18.1 Å². The van der Waals surface area contributed by atoms with Gasteiger partial charge in [0.25, 0.3) is 0 Å². The highest BCUT2D eigenvalue weighted by Gasteiger charge is 2.23. The molecule has 1 fully saturated rings. The Hall–Kier alpha value is -1.63. The second-order valence-corrected chi connectivity index (χ2v) is 6.12. The molecule has 0 saturated carbocycles. The lowest BCUT2D eigenvalue weighted by molar-refractivity contribution is 0.944. The van der Waals surface area contributed by atoms with Crippen LogP contribution in [0.5, 0.6) is 0 Å². The molecule has 0 atom stereocenters. The predicted octanol–water partition coefficient (Wildman–Crippen LogP) is 4.77. The van der Waals surface area contributed by atoms with Gasteiger partial charge in [-0.15, -0.1) is 0 Å². The summed E-state index contributed by atoms with van der Waals surface area (Å²) in [6, 6.07) is 7.74. The molecule has 1 saturated heterocycles. The largest absolute Gasteiger partial charge is 0.357 e. The van der Waals surface area contributed by atoms with Gasteiger partial charge in [-0.05, 0) is 43.5 Å². The Balaban J connectivity index is 2.13. The molecule has 0 aliphatic carbocycles. The van der Waals surface area contributed by atoms with E-state index in [0.717, 1.165) is 35.7 Å². The SMILES string of the molecule is Cc1c(-c2ccc(Cl)cc2Cl)[nH]c(N2CCCC2)c1C#N. The average Bonchev–Trinajstić information content (AvgIpc) is 3.07. The number of H-pyrrole nitrogens is 1. The first-order valence-corrected chi connectivity index (χ1v) is 7.70. The summed E-state index contributed by atoms with van der Waals surface area (Å²) in [5, 5.41) is 10.7. The predicted molar refractivity (Wildman–Crippen MR) is 87.1 cm³/mol. The van der Waals surface area contributed by atoms with Crippen LogP contribution in [-0.2, 0) is 0 Å². The summed E-state index contributed by atoms with van der Waals surface area (Å²) in [5.74, 6) is 0.911. The number of nitrogens with zero attached hydrogens (tertiary/aromatic N) is 2. The van der Waals surface area contributed by atoms with Crippen molar-refractivity contribution in [3.8, 4) is 17.3 Å². The fraction of sp³-hybridized carbons (Fsp3) is 0.312. The van der Waals surface area contributed by atoms with Crippen molar-refractivity contribution >= 4 is 29.0 Å². The van der Waals surface area contributed by atoms with Crippen LogP contribution >= 0.6 is 23.2 Å². The maximum atomic E-state index is 9.48. The highest BCUT2D eigenvalue weighted by molar-refractivity contribution is 6.36. The number of anilines is 1. The van der Waals surface area contributed by atoms with E-state index in [9.17, 15) is 5.26 Å². The van der Waals surface area contributed by atoms with Gasteiger partial charge in [0.15, 0.2) is 0 Å². The Kier molecular flexibility index (Phi) is 3.84. The number of aromatic amines is 1. The summed E-state index contributed by atoms with van der Waals surface area (Å²) >= 11 is 12.3. The molecule has 0 spiro atoms. The zero-order valence-electron chi connectivity index (χ0n) is 11.7. The van der Waals surface area contributed by atoms with Crippen LogP contribution in [0.1, 0.15) is 24.0 Å². The fourth-order valence-electron chi connectivity index (χ4n) is 2.85. The Bertz CT molecular complexity index is 722.